The van der Waals surface area contributed by atoms with Crippen LogP contribution in [0, 0.1) is 0 Å². The largest absolute Gasteiger partial charge is 0.449 e. The van der Waals surface area contributed by atoms with Crippen LogP contribution in [0.3, 0.4) is 0 Å². The van der Waals surface area contributed by atoms with Gasteiger partial charge in [-0.25, -0.2) is 9.69 Å². The molecule has 0 radical (unpaired) electrons. The summed E-state index contributed by atoms with van der Waals surface area (Å²) < 4.78 is 5.27. The van der Waals surface area contributed by atoms with Crippen LogP contribution in [0.2, 0.25) is 0 Å². The molecule has 0 aromatic heterocycles. The van der Waals surface area contributed by atoms with Crippen LogP contribution in [0.15, 0.2) is 0 Å². The van der Waals surface area contributed by atoms with Gasteiger partial charge in [0.15, 0.2) is 0 Å². The first-order valence-electron chi connectivity index (χ1n) is 7.75. The number of carbonyl (C=O) groups is 2. The molecule has 5 heteroatoms. The molecular weight excluding hydrogens is 256 g/mol. The molecule has 0 aromatic rings. The molecule has 2 unspecified atom stereocenters. The molecule has 2 atom stereocenters. The first kappa shape index (κ1) is 15.3. The van der Waals surface area contributed by atoms with Crippen LogP contribution in [0.4, 0.5) is 4.79 Å². The van der Waals surface area contributed by atoms with Gasteiger partial charge in [-0.05, 0) is 33.1 Å². The van der Waals surface area contributed by atoms with Gasteiger partial charge in [-0.1, -0.05) is 26.2 Å². The van der Waals surface area contributed by atoms with Crippen molar-refractivity contribution in [1.82, 2.24) is 10.2 Å². The monoisotopic (exact) mass is 282 g/mol. The van der Waals surface area contributed by atoms with E-state index in [2.05, 4.69) is 5.32 Å². The number of imide groups is 1. The highest BCUT2D eigenvalue weighted by molar-refractivity contribution is 5.98. The molecular formula is C15H26N2O3. The summed E-state index contributed by atoms with van der Waals surface area (Å²) in [6, 6.07) is 0.161. The smallest absolute Gasteiger partial charge is 0.416 e. The molecule has 2 rings (SSSR count). The molecule has 0 spiro atoms. The van der Waals surface area contributed by atoms with E-state index in [-0.39, 0.29) is 18.0 Å². The minimum Gasteiger partial charge on any atom is -0.449 e. The van der Waals surface area contributed by atoms with Gasteiger partial charge in [-0.3, -0.25) is 10.1 Å². The highest BCUT2D eigenvalue weighted by atomic mass is 16.6. The lowest BCUT2D eigenvalue weighted by atomic mass is 9.83. The van der Waals surface area contributed by atoms with Crippen LogP contribution in [0.25, 0.3) is 0 Å². The maximum atomic E-state index is 12.5. The number of rotatable bonds is 3. The maximum Gasteiger partial charge on any atom is 0.416 e. The Morgan fingerprint density at radius 3 is 2.80 bits per heavy atom. The van der Waals surface area contributed by atoms with Gasteiger partial charge in [0.05, 0.1) is 18.2 Å². The third-order valence-corrected chi connectivity index (χ3v) is 4.28. The molecule has 1 aliphatic heterocycles. The Morgan fingerprint density at radius 2 is 2.10 bits per heavy atom. The number of hydrogen-bond donors (Lipinski definition) is 1. The van der Waals surface area contributed by atoms with Crippen LogP contribution in [-0.2, 0) is 9.53 Å². The lowest BCUT2D eigenvalue weighted by Gasteiger charge is -2.48. The number of nitrogens with one attached hydrogen (secondary N) is 1. The number of ether oxygens (including phenoxy) is 1. The van der Waals surface area contributed by atoms with Crippen molar-refractivity contribution in [3.63, 3.8) is 0 Å². The van der Waals surface area contributed by atoms with Crippen molar-refractivity contribution in [3.8, 4) is 0 Å². The number of unbranched alkanes of at least 4 members (excludes halogenated alkanes) is 1. The summed E-state index contributed by atoms with van der Waals surface area (Å²) in [7, 11) is 0. The summed E-state index contributed by atoms with van der Waals surface area (Å²) in [6.07, 6.45) is 5.45. The number of amides is 2. The molecule has 2 fully saturated rings. The second-order valence-electron chi connectivity index (χ2n) is 6.37. The summed E-state index contributed by atoms with van der Waals surface area (Å²) in [5.41, 5.74) is -0.692. The van der Waals surface area contributed by atoms with E-state index in [1.54, 1.807) is 0 Å². The van der Waals surface area contributed by atoms with Gasteiger partial charge in [0.2, 0.25) is 0 Å². The Kier molecular flexibility index (Phi) is 4.68. The van der Waals surface area contributed by atoms with E-state index in [0.717, 1.165) is 38.5 Å². The van der Waals surface area contributed by atoms with E-state index in [9.17, 15) is 9.59 Å². The molecule has 0 aromatic carbocycles. The molecule has 1 saturated carbocycles. The summed E-state index contributed by atoms with van der Waals surface area (Å²) >= 11 is 0. The topological polar surface area (TPSA) is 58.6 Å². The predicted molar refractivity (Wildman–Crippen MR) is 76.4 cm³/mol. The number of fused-ring (bicyclic) bond motifs is 1. The van der Waals surface area contributed by atoms with Crippen molar-refractivity contribution in [3.05, 3.63) is 0 Å². The first-order valence-corrected chi connectivity index (χ1v) is 7.75. The zero-order valence-electron chi connectivity index (χ0n) is 12.8. The van der Waals surface area contributed by atoms with Gasteiger partial charge >= 0.3 is 6.09 Å². The Bertz CT molecular complexity index is 381. The molecule has 0 bridgehead atoms. The maximum absolute atomic E-state index is 12.5. The van der Waals surface area contributed by atoms with E-state index < -0.39 is 11.6 Å². The van der Waals surface area contributed by atoms with Crippen molar-refractivity contribution in [1.29, 1.82) is 0 Å². The summed E-state index contributed by atoms with van der Waals surface area (Å²) in [5.74, 6) is -0.165. The SMILES string of the molecule is CCCCOC(=O)N1C(=O)C(C)(C)NC2CCCCC21. The second kappa shape index (κ2) is 6.12. The Hall–Kier alpha value is -1.10. The lowest BCUT2D eigenvalue weighted by molar-refractivity contribution is -0.144. The molecule has 1 aliphatic carbocycles. The second-order valence-corrected chi connectivity index (χ2v) is 6.37. The average Bonchev–Trinajstić information content (AvgIpc) is 2.40. The van der Waals surface area contributed by atoms with E-state index in [0.29, 0.717) is 6.61 Å². The van der Waals surface area contributed by atoms with Crippen LogP contribution in [0.5, 0.6) is 0 Å². The van der Waals surface area contributed by atoms with Gasteiger partial charge in [0.25, 0.3) is 5.91 Å². The number of nitrogens with zero attached hydrogens (tertiary/aromatic N) is 1. The van der Waals surface area contributed by atoms with Crippen molar-refractivity contribution >= 4 is 12.0 Å². The fourth-order valence-corrected chi connectivity index (χ4v) is 3.16. The van der Waals surface area contributed by atoms with Gasteiger partial charge < -0.3 is 4.74 Å². The minimum atomic E-state index is -0.692. The minimum absolute atomic E-state index is 0.0431. The standard InChI is InChI=1S/C15H26N2O3/c1-4-5-10-20-14(19)17-12-9-7-6-8-11(12)16-15(2,3)13(17)18/h11-12,16H,4-10H2,1-3H3. The van der Waals surface area contributed by atoms with E-state index in [1.807, 2.05) is 20.8 Å². The summed E-state index contributed by atoms with van der Waals surface area (Å²) in [5, 5.41) is 3.40. The number of carbonyl (C=O) groups excluding carboxylic acids is 2. The zero-order chi connectivity index (χ0) is 14.8. The fraction of sp³-hybridized carbons (Fsp3) is 0.867. The Balaban J connectivity index is 2.12. The Labute approximate surface area is 121 Å². The van der Waals surface area contributed by atoms with Gasteiger partial charge in [0, 0.05) is 6.04 Å². The van der Waals surface area contributed by atoms with Gasteiger partial charge in [-0.15, -0.1) is 0 Å². The molecule has 1 saturated heterocycles. The van der Waals surface area contributed by atoms with Crippen LogP contribution in [-0.4, -0.2) is 41.1 Å². The van der Waals surface area contributed by atoms with Crippen LogP contribution < -0.4 is 5.32 Å². The summed E-state index contributed by atoms with van der Waals surface area (Å²) in [4.78, 5) is 26.2. The average molecular weight is 282 g/mol. The zero-order valence-corrected chi connectivity index (χ0v) is 12.8. The highest BCUT2D eigenvalue weighted by Gasteiger charge is 2.49. The van der Waals surface area contributed by atoms with E-state index >= 15 is 0 Å². The summed E-state index contributed by atoms with van der Waals surface area (Å²) in [6.45, 7) is 6.12. The van der Waals surface area contributed by atoms with Gasteiger partial charge in [0.1, 0.15) is 0 Å². The number of hydrogen-bond acceptors (Lipinski definition) is 4. The normalized spacial score (nSPS) is 28.9. The Morgan fingerprint density at radius 1 is 1.40 bits per heavy atom. The predicted octanol–water partition coefficient (Wildman–Crippen LogP) is 2.44. The highest BCUT2D eigenvalue weighted by Crippen LogP contribution is 2.31. The molecule has 1 N–H and O–H groups in total. The lowest BCUT2D eigenvalue weighted by Crippen LogP contribution is -2.71. The molecule has 114 valence electrons. The van der Waals surface area contributed by atoms with E-state index in [1.165, 1.54) is 4.90 Å². The van der Waals surface area contributed by atoms with Crippen molar-refractivity contribution < 1.29 is 14.3 Å². The van der Waals surface area contributed by atoms with Crippen molar-refractivity contribution in [2.45, 2.75) is 76.9 Å². The first-order chi connectivity index (χ1) is 9.47. The molecule has 2 amide bonds. The third kappa shape index (κ3) is 2.97. The van der Waals surface area contributed by atoms with Crippen LogP contribution >= 0.6 is 0 Å². The van der Waals surface area contributed by atoms with Crippen LogP contribution in [0.1, 0.15) is 59.3 Å². The van der Waals surface area contributed by atoms with Gasteiger partial charge in [-0.2, -0.15) is 0 Å². The molecule has 20 heavy (non-hydrogen) atoms. The quantitative estimate of drug-likeness (QED) is 0.808. The van der Waals surface area contributed by atoms with Crippen molar-refractivity contribution in [2.75, 3.05) is 6.61 Å². The van der Waals surface area contributed by atoms with E-state index in [4.69, 9.17) is 4.74 Å². The molecule has 5 nitrogen and oxygen atoms in total. The van der Waals surface area contributed by atoms with Crippen molar-refractivity contribution in [2.24, 2.45) is 0 Å². The third-order valence-electron chi connectivity index (χ3n) is 4.28. The number of piperazine rings is 1. The molecule has 1 heterocycles. The fourth-order valence-electron chi connectivity index (χ4n) is 3.16. The molecule has 2 aliphatic rings.